The molecular formula is C37H57N3O6S. The van der Waals surface area contributed by atoms with E-state index in [1.807, 2.05) is 13.8 Å². The highest BCUT2D eigenvalue weighted by molar-refractivity contribution is 7.90. The molecule has 2 aromatic rings. The van der Waals surface area contributed by atoms with Crippen molar-refractivity contribution < 1.29 is 27.5 Å². The highest BCUT2D eigenvalue weighted by Gasteiger charge is 2.19. The molecule has 1 aromatic carbocycles. The van der Waals surface area contributed by atoms with Crippen molar-refractivity contribution in [2.45, 2.75) is 141 Å². The van der Waals surface area contributed by atoms with Gasteiger partial charge < -0.3 is 10.1 Å². The third-order valence-electron chi connectivity index (χ3n) is 8.15. The van der Waals surface area contributed by atoms with E-state index < -0.39 is 15.9 Å². The van der Waals surface area contributed by atoms with E-state index in [-0.39, 0.29) is 34.9 Å². The second kappa shape index (κ2) is 23.1. The molecule has 0 atom stereocenters. The van der Waals surface area contributed by atoms with Crippen molar-refractivity contribution in [3.63, 3.8) is 0 Å². The lowest BCUT2D eigenvalue weighted by molar-refractivity contribution is -0.145. The van der Waals surface area contributed by atoms with E-state index in [0.717, 1.165) is 24.8 Å². The van der Waals surface area contributed by atoms with Crippen LogP contribution >= 0.6 is 0 Å². The van der Waals surface area contributed by atoms with Crippen molar-refractivity contribution in [1.29, 1.82) is 0 Å². The predicted molar refractivity (Wildman–Crippen MR) is 186 cm³/mol. The minimum absolute atomic E-state index is 0.00866. The van der Waals surface area contributed by atoms with Gasteiger partial charge in [-0.05, 0) is 42.7 Å². The SMILES string of the molecule is CCCCCCCCCCCCCCCCCC(=O)OCc1ccc(C(=O)NS(=O)(=O)c2ccc(CCNC(=O)C(C)C)cc2)cn1. The summed E-state index contributed by atoms with van der Waals surface area (Å²) in [6.07, 6.45) is 21.2. The monoisotopic (exact) mass is 671 g/mol. The van der Waals surface area contributed by atoms with E-state index in [0.29, 0.717) is 25.1 Å². The average molecular weight is 672 g/mol. The molecule has 47 heavy (non-hydrogen) atoms. The maximum atomic E-state index is 12.7. The van der Waals surface area contributed by atoms with Gasteiger partial charge in [-0.2, -0.15) is 0 Å². The molecule has 2 N–H and O–H groups in total. The number of unbranched alkanes of at least 4 members (excludes halogenated alkanes) is 14. The van der Waals surface area contributed by atoms with E-state index in [1.165, 1.54) is 108 Å². The third kappa shape index (κ3) is 17.5. The Morgan fingerprint density at radius 1 is 0.766 bits per heavy atom. The van der Waals surface area contributed by atoms with Crippen LogP contribution < -0.4 is 10.0 Å². The van der Waals surface area contributed by atoms with Gasteiger partial charge >= 0.3 is 5.97 Å². The Morgan fingerprint density at radius 3 is 1.83 bits per heavy atom. The zero-order chi connectivity index (χ0) is 34.3. The van der Waals surface area contributed by atoms with E-state index in [9.17, 15) is 22.8 Å². The quantitative estimate of drug-likeness (QED) is 0.0813. The van der Waals surface area contributed by atoms with Crippen LogP contribution in [0.3, 0.4) is 0 Å². The van der Waals surface area contributed by atoms with Crippen LogP contribution in [-0.2, 0) is 37.4 Å². The number of esters is 1. The average Bonchev–Trinajstić information content (AvgIpc) is 3.05. The molecule has 9 nitrogen and oxygen atoms in total. The highest BCUT2D eigenvalue weighted by Crippen LogP contribution is 2.15. The van der Waals surface area contributed by atoms with Crippen molar-refractivity contribution in [3.8, 4) is 0 Å². The standard InChI is InChI=1S/C37H57N3O6S/c1-4-5-6-7-8-9-10-11-12-13-14-15-16-17-18-19-35(41)46-29-33-23-22-32(28-39-33)37(43)40-47(44,45)34-24-20-31(21-25-34)26-27-38-36(42)30(2)3/h20-25,28,30H,4-19,26-27,29H2,1-3H3,(H,38,42)(H,40,43). The minimum atomic E-state index is -4.09. The number of sulfonamides is 1. The first kappa shape index (κ1) is 39.9. The van der Waals surface area contributed by atoms with E-state index in [1.54, 1.807) is 12.1 Å². The maximum absolute atomic E-state index is 12.7. The number of carbonyl (C=O) groups is 3. The van der Waals surface area contributed by atoms with E-state index in [2.05, 4.69) is 21.9 Å². The normalized spacial score (nSPS) is 11.4. The fourth-order valence-electron chi connectivity index (χ4n) is 5.12. The van der Waals surface area contributed by atoms with Gasteiger partial charge in [0.25, 0.3) is 15.9 Å². The van der Waals surface area contributed by atoms with Crippen molar-refractivity contribution >= 4 is 27.8 Å². The van der Waals surface area contributed by atoms with Crippen LogP contribution in [-0.4, -0.2) is 37.7 Å². The molecule has 0 fully saturated rings. The molecule has 0 spiro atoms. The fraction of sp³-hybridized carbons (Fsp3) is 0.622. The molecule has 2 amide bonds. The summed E-state index contributed by atoms with van der Waals surface area (Å²) in [6.45, 7) is 6.32. The van der Waals surface area contributed by atoms with Crippen LogP contribution in [0.1, 0.15) is 145 Å². The number of hydrogen-bond acceptors (Lipinski definition) is 7. The van der Waals surface area contributed by atoms with E-state index in [4.69, 9.17) is 4.74 Å². The number of benzene rings is 1. The number of nitrogens with zero attached hydrogens (tertiary/aromatic N) is 1. The summed E-state index contributed by atoms with van der Waals surface area (Å²) in [4.78, 5) is 40.5. The van der Waals surface area contributed by atoms with Crippen molar-refractivity contribution in [3.05, 3.63) is 59.4 Å². The Balaban J connectivity index is 1.58. The molecule has 1 heterocycles. The summed E-state index contributed by atoms with van der Waals surface area (Å²) < 4.78 is 32.9. The smallest absolute Gasteiger partial charge is 0.306 e. The van der Waals surface area contributed by atoms with Crippen molar-refractivity contribution in [1.82, 2.24) is 15.0 Å². The van der Waals surface area contributed by atoms with E-state index >= 15 is 0 Å². The van der Waals surface area contributed by atoms with Crippen LogP contribution in [0, 0.1) is 5.92 Å². The third-order valence-corrected chi connectivity index (χ3v) is 9.50. The largest absolute Gasteiger partial charge is 0.459 e. The number of pyridine rings is 1. The fourth-order valence-corrected chi connectivity index (χ4v) is 6.09. The molecular weight excluding hydrogens is 614 g/mol. The zero-order valence-corrected chi connectivity index (χ0v) is 29.7. The molecule has 0 saturated heterocycles. The van der Waals surface area contributed by atoms with Crippen LogP contribution in [0.15, 0.2) is 47.5 Å². The van der Waals surface area contributed by atoms with Crippen molar-refractivity contribution in [2.24, 2.45) is 5.92 Å². The maximum Gasteiger partial charge on any atom is 0.306 e. The molecule has 2 rings (SSSR count). The lowest BCUT2D eigenvalue weighted by Crippen LogP contribution is -2.30. The van der Waals surface area contributed by atoms with Gasteiger partial charge in [0, 0.05) is 25.1 Å². The molecule has 0 aliphatic carbocycles. The lowest BCUT2D eigenvalue weighted by Gasteiger charge is -2.10. The summed E-state index contributed by atoms with van der Waals surface area (Å²) in [5, 5.41) is 2.82. The second-order valence-corrected chi connectivity index (χ2v) is 14.4. The number of hydrogen-bond donors (Lipinski definition) is 2. The summed E-state index contributed by atoms with van der Waals surface area (Å²) >= 11 is 0. The summed E-state index contributed by atoms with van der Waals surface area (Å²) in [5.41, 5.74) is 1.39. The summed E-state index contributed by atoms with van der Waals surface area (Å²) in [5.74, 6) is -1.23. The van der Waals surface area contributed by atoms with Gasteiger partial charge in [0.15, 0.2) is 0 Å². The first-order chi connectivity index (χ1) is 22.6. The number of nitrogens with one attached hydrogen (secondary N) is 2. The lowest BCUT2D eigenvalue weighted by atomic mass is 10.0. The highest BCUT2D eigenvalue weighted by atomic mass is 32.2. The second-order valence-electron chi connectivity index (χ2n) is 12.7. The van der Waals surface area contributed by atoms with Gasteiger partial charge in [-0.15, -0.1) is 0 Å². The van der Waals surface area contributed by atoms with Gasteiger partial charge in [0.2, 0.25) is 5.91 Å². The van der Waals surface area contributed by atoms with Gasteiger partial charge in [-0.1, -0.05) is 123 Å². The molecule has 0 aliphatic heterocycles. The number of ether oxygens (including phenoxy) is 1. The predicted octanol–water partition coefficient (Wildman–Crippen LogP) is 7.82. The minimum Gasteiger partial charge on any atom is -0.459 e. The van der Waals surface area contributed by atoms with Gasteiger partial charge in [-0.25, -0.2) is 13.1 Å². The zero-order valence-electron chi connectivity index (χ0n) is 28.9. The van der Waals surface area contributed by atoms with Gasteiger partial charge in [0.1, 0.15) is 6.61 Å². The first-order valence-electron chi connectivity index (χ1n) is 17.7. The van der Waals surface area contributed by atoms with Gasteiger partial charge in [0.05, 0.1) is 16.2 Å². The molecule has 0 bridgehead atoms. The Labute approximate surface area is 283 Å². The number of amides is 2. The Morgan fingerprint density at radius 2 is 1.32 bits per heavy atom. The first-order valence-corrected chi connectivity index (χ1v) is 19.1. The summed E-state index contributed by atoms with van der Waals surface area (Å²) in [6, 6.07) is 9.13. The molecule has 1 aromatic heterocycles. The Kier molecular flexibility index (Phi) is 19.6. The molecule has 10 heteroatoms. The number of aromatic nitrogens is 1. The van der Waals surface area contributed by atoms with Crippen molar-refractivity contribution in [2.75, 3.05) is 6.54 Å². The number of carbonyl (C=O) groups excluding carboxylic acids is 3. The Bertz CT molecular complexity index is 1290. The van der Waals surface area contributed by atoms with Gasteiger partial charge in [-0.3, -0.25) is 19.4 Å². The summed E-state index contributed by atoms with van der Waals surface area (Å²) in [7, 11) is -4.09. The molecule has 262 valence electrons. The van der Waals surface area contributed by atoms with Crippen LogP contribution in [0.2, 0.25) is 0 Å². The number of rotatable bonds is 25. The molecule has 0 unspecified atom stereocenters. The molecule has 0 saturated carbocycles. The van der Waals surface area contributed by atoms with Crippen LogP contribution in [0.5, 0.6) is 0 Å². The molecule has 0 radical (unpaired) electrons. The Hall–Kier alpha value is -3.27. The van der Waals surface area contributed by atoms with Crippen LogP contribution in [0.25, 0.3) is 0 Å². The van der Waals surface area contributed by atoms with Crippen LogP contribution in [0.4, 0.5) is 0 Å². The molecule has 0 aliphatic rings. The topological polar surface area (TPSA) is 132 Å².